The van der Waals surface area contributed by atoms with Gasteiger partial charge in [-0.15, -0.1) is 0 Å². The van der Waals surface area contributed by atoms with E-state index in [1.54, 1.807) is 12.1 Å². The number of rotatable bonds is 11. The second kappa shape index (κ2) is 14.3. The summed E-state index contributed by atoms with van der Waals surface area (Å²) in [7, 11) is 0. The largest absolute Gasteiger partial charge is 0.338 e. The lowest BCUT2D eigenvalue weighted by atomic mass is 9.96. The van der Waals surface area contributed by atoms with Gasteiger partial charge in [0.25, 0.3) is 5.91 Å². The summed E-state index contributed by atoms with van der Waals surface area (Å²) in [5, 5.41) is 5.82. The zero-order chi connectivity index (χ0) is 26.6. The number of anilines is 1. The predicted molar refractivity (Wildman–Crippen MR) is 154 cm³/mol. The van der Waals surface area contributed by atoms with Crippen LogP contribution in [0.15, 0.2) is 84.9 Å². The van der Waals surface area contributed by atoms with Gasteiger partial charge < -0.3 is 15.5 Å². The van der Waals surface area contributed by atoms with Gasteiger partial charge in [-0.3, -0.25) is 9.69 Å². The first kappa shape index (κ1) is 27.4. The normalized spacial score (nSPS) is 13.9. The van der Waals surface area contributed by atoms with Crippen molar-refractivity contribution in [1.82, 2.24) is 15.1 Å². The van der Waals surface area contributed by atoms with E-state index in [2.05, 4.69) is 71.0 Å². The molecule has 4 rings (SSSR count). The third-order valence-corrected chi connectivity index (χ3v) is 7.17. The number of carbonyl (C=O) groups excluding carboxylic acids is 2. The molecular formula is C32H40N4O2. The fraction of sp³-hybridized carbons (Fsp3) is 0.375. The Balaban J connectivity index is 1.36. The molecule has 0 aromatic heterocycles. The van der Waals surface area contributed by atoms with Crippen LogP contribution in [-0.4, -0.2) is 54.5 Å². The maximum absolute atomic E-state index is 13.5. The molecule has 6 nitrogen and oxygen atoms in total. The Kier molecular flexibility index (Phi) is 10.3. The van der Waals surface area contributed by atoms with E-state index in [0.717, 1.165) is 25.9 Å². The number of benzene rings is 3. The minimum Gasteiger partial charge on any atom is -0.338 e. The van der Waals surface area contributed by atoms with E-state index in [-0.39, 0.29) is 18.0 Å². The van der Waals surface area contributed by atoms with Gasteiger partial charge in [0.05, 0.1) is 17.3 Å². The van der Waals surface area contributed by atoms with Gasteiger partial charge in [-0.2, -0.15) is 0 Å². The predicted octanol–water partition coefficient (Wildman–Crippen LogP) is 6.33. The molecule has 0 atom stereocenters. The minimum atomic E-state index is -0.265. The Morgan fingerprint density at radius 1 is 0.737 bits per heavy atom. The van der Waals surface area contributed by atoms with Crippen molar-refractivity contribution in [3.8, 4) is 0 Å². The minimum absolute atomic E-state index is 0.0453. The molecule has 0 unspecified atom stereocenters. The van der Waals surface area contributed by atoms with Gasteiger partial charge in [0.1, 0.15) is 0 Å². The number of amides is 3. The summed E-state index contributed by atoms with van der Waals surface area (Å²) in [5.74, 6) is -0.0453. The van der Waals surface area contributed by atoms with E-state index in [1.807, 2.05) is 29.2 Å². The fourth-order valence-electron chi connectivity index (χ4n) is 5.11. The molecule has 3 aromatic rings. The van der Waals surface area contributed by atoms with Crippen LogP contribution in [0.4, 0.5) is 10.5 Å². The van der Waals surface area contributed by atoms with E-state index in [0.29, 0.717) is 30.9 Å². The van der Waals surface area contributed by atoms with Crippen molar-refractivity contribution in [2.45, 2.75) is 45.1 Å². The number of hydrogen-bond donors (Lipinski definition) is 2. The molecule has 1 saturated heterocycles. The topological polar surface area (TPSA) is 64.7 Å². The molecule has 0 spiro atoms. The summed E-state index contributed by atoms with van der Waals surface area (Å²) >= 11 is 0. The molecule has 1 fully saturated rings. The van der Waals surface area contributed by atoms with Crippen LogP contribution in [-0.2, 0) is 0 Å². The van der Waals surface area contributed by atoms with Crippen molar-refractivity contribution in [1.29, 1.82) is 0 Å². The Hall–Kier alpha value is -3.64. The molecule has 0 aliphatic carbocycles. The Labute approximate surface area is 227 Å². The van der Waals surface area contributed by atoms with Crippen LogP contribution in [0, 0.1) is 0 Å². The zero-order valence-corrected chi connectivity index (χ0v) is 22.4. The Morgan fingerprint density at radius 3 is 1.95 bits per heavy atom. The molecule has 1 heterocycles. The molecule has 1 aliphatic rings. The number of piperazine rings is 1. The summed E-state index contributed by atoms with van der Waals surface area (Å²) in [6, 6.07) is 28.3. The van der Waals surface area contributed by atoms with Crippen molar-refractivity contribution in [2.75, 3.05) is 38.0 Å². The molecule has 1 aliphatic heterocycles. The van der Waals surface area contributed by atoms with Crippen LogP contribution in [0.2, 0.25) is 0 Å². The molecule has 3 aromatic carbocycles. The summed E-state index contributed by atoms with van der Waals surface area (Å²) in [6.07, 6.45) is 5.71. The van der Waals surface area contributed by atoms with E-state index in [4.69, 9.17) is 0 Å². The van der Waals surface area contributed by atoms with Gasteiger partial charge in [-0.1, -0.05) is 105 Å². The van der Waals surface area contributed by atoms with Gasteiger partial charge >= 0.3 is 6.03 Å². The average molecular weight is 513 g/mol. The third kappa shape index (κ3) is 7.45. The first-order valence-electron chi connectivity index (χ1n) is 13.9. The molecular weight excluding hydrogens is 472 g/mol. The van der Waals surface area contributed by atoms with Gasteiger partial charge in [-0.05, 0) is 29.7 Å². The molecule has 2 N–H and O–H groups in total. The number of para-hydroxylation sites is 1. The summed E-state index contributed by atoms with van der Waals surface area (Å²) in [5.41, 5.74) is 3.59. The number of urea groups is 1. The quantitative estimate of drug-likeness (QED) is 0.295. The van der Waals surface area contributed by atoms with Crippen LogP contribution in [0.3, 0.4) is 0 Å². The second-order valence-electron chi connectivity index (χ2n) is 9.89. The number of nitrogens with zero attached hydrogens (tertiary/aromatic N) is 2. The van der Waals surface area contributed by atoms with Crippen LogP contribution < -0.4 is 10.6 Å². The van der Waals surface area contributed by atoms with Crippen LogP contribution in [0.5, 0.6) is 0 Å². The van der Waals surface area contributed by atoms with E-state index in [1.165, 1.54) is 30.4 Å². The lowest BCUT2D eigenvalue weighted by molar-refractivity contribution is 0.0598. The SMILES string of the molecule is CCCCCCCNC(=O)Nc1ccccc1C(=O)N1CCN(C(c2ccccc2)c2ccccc2)CC1. The first-order valence-corrected chi connectivity index (χ1v) is 13.9. The highest BCUT2D eigenvalue weighted by atomic mass is 16.2. The van der Waals surface area contributed by atoms with Crippen molar-refractivity contribution in [3.63, 3.8) is 0 Å². The summed E-state index contributed by atoms with van der Waals surface area (Å²) in [4.78, 5) is 30.4. The molecule has 0 bridgehead atoms. The maximum Gasteiger partial charge on any atom is 0.319 e. The summed E-state index contributed by atoms with van der Waals surface area (Å²) in [6.45, 7) is 5.64. The zero-order valence-electron chi connectivity index (χ0n) is 22.4. The highest BCUT2D eigenvalue weighted by Gasteiger charge is 2.29. The third-order valence-electron chi connectivity index (χ3n) is 7.17. The van der Waals surface area contributed by atoms with Gasteiger partial charge in [0.15, 0.2) is 0 Å². The lowest BCUT2D eigenvalue weighted by Crippen LogP contribution is -2.50. The number of carbonyl (C=O) groups is 2. The summed E-state index contributed by atoms with van der Waals surface area (Å²) < 4.78 is 0. The highest BCUT2D eigenvalue weighted by Crippen LogP contribution is 2.30. The average Bonchev–Trinajstić information content (AvgIpc) is 2.96. The van der Waals surface area contributed by atoms with Crippen molar-refractivity contribution in [2.24, 2.45) is 0 Å². The number of nitrogens with one attached hydrogen (secondary N) is 2. The van der Waals surface area contributed by atoms with Crippen LogP contribution in [0.25, 0.3) is 0 Å². The smallest absolute Gasteiger partial charge is 0.319 e. The van der Waals surface area contributed by atoms with Crippen LogP contribution in [0.1, 0.15) is 66.6 Å². The molecule has 38 heavy (non-hydrogen) atoms. The second-order valence-corrected chi connectivity index (χ2v) is 9.89. The Bertz CT molecular complexity index is 1100. The van der Waals surface area contributed by atoms with Gasteiger partial charge in [0.2, 0.25) is 0 Å². The molecule has 0 radical (unpaired) electrons. The number of unbranched alkanes of at least 4 members (excludes halogenated alkanes) is 4. The Morgan fingerprint density at radius 2 is 1.32 bits per heavy atom. The monoisotopic (exact) mass is 512 g/mol. The highest BCUT2D eigenvalue weighted by molar-refractivity contribution is 6.03. The van der Waals surface area contributed by atoms with Gasteiger partial charge in [0, 0.05) is 32.7 Å². The standard InChI is InChI=1S/C32H40N4O2/c1-2-3-4-5-14-21-33-32(38)34-29-20-13-12-19-28(29)31(37)36-24-22-35(23-25-36)30(26-15-8-6-9-16-26)27-17-10-7-11-18-27/h6-13,15-20,30H,2-5,14,21-25H2,1H3,(H2,33,34,38). The molecule has 200 valence electrons. The molecule has 0 saturated carbocycles. The maximum atomic E-state index is 13.5. The lowest BCUT2D eigenvalue weighted by Gasteiger charge is -2.40. The van der Waals surface area contributed by atoms with Crippen molar-refractivity contribution < 1.29 is 9.59 Å². The molecule has 6 heteroatoms. The van der Waals surface area contributed by atoms with Crippen LogP contribution >= 0.6 is 0 Å². The molecule has 3 amide bonds. The van der Waals surface area contributed by atoms with E-state index < -0.39 is 0 Å². The number of hydrogen-bond acceptors (Lipinski definition) is 3. The first-order chi connectivity index (χ1) is 18.7. The van der Waals surface area contributed by atoms with E-state index >= 15 is 0 Å². The van der Waals surface area contributed by atoms with Gasteiger partial charge in [-0.25, -0.2) is 4.79 Å². The van der Waals surface area contributed by atoms with Crippen molar-refractivity contribution in [3.05, 3.63) is 102 Å². The van der Waals surface area contributed by atoms with E-state index in [9.17, 15) is 9.59 Å². The fourth-order valence-corrected chi connectivity index (χ4v) is 5.11. The van der Waals surface area contributed by atoms with Crippen molar-refractivity contribution >= 4 is 17.6 Å².